The van der Waals surface area contributed by atoms with E-state index in [1.807, 2.05) is 12.1 Å². The number of aliphatic carboxylic acids is 1. The third-order valence-electron chi connectivity index (χ3n) is 9.45. The number of hydrogen-bond acceptors (Lipinski definition) is 4. The summed E-state index contributed by atoms with van der Waals surface area (Å²) < 4.78 is 56.8. The van der Waals surface area contributed by atoms with E-state index in [2.05, 4.69) is 18.8 Å². The van der Waals surface area contributed by atoms with Crippen LogP contribution >= 0.6 is 0 Å². The largest absolute Gasteiger partial charge is 0.486 e. The Bertz CT molecular complexity index is 1520. The van der Waals surface area contributed by atoms with Gasteiger partial charge in [0.25, 0.3) is 0 Å². The minimum Gasteiger partial charge on any atom is -0.486 e. The van der Waals surface area contributed by atoms with Crippen LogP contribution in [0.2, 0.25) is 0 Å². The van der Waals surface area contributed by atoms with Crippen LogP contribution in [0.15, 0.2) is 36.5 Å². The Morgan fingerprint density at radius 1 is 1.10 bits per heavy atom. The lowest BCUT2D eigenvalue weighted by Gasteiger charge is -2.30. The van der Waals surface area contributed by atoms with Gasteiger partial charge < -0.3 is 14.6 Å². The summed E-state index contributed by atoms with van der Waals surface area (Å²) in [6, 6.07) is 8.28. The van der Waals surface area contributed by atoms with Gasteiger partial charge in [0, 0.05) is 28.7 Å². The molecule has 0 bridgehead atoms. The van der Waals surface area contributed by atoms with E-state index in [0.717, 1.165) is 48.2 Å². The van der Waals surface area contributed by atoms with E-state index in [-0.39, 0.29) is 34.8 Å². The fourth-order valence-corrected chi connectivity index (χ4v) is 7.20. The summed E-state index contributed by atoms with van der Waals surface area (Å²) in [6.07, 6.45) is 5.26. The minimum atomic E-state index is -0.982. The van der Waals surface area contributed by atoms with Crippen molar-refractivity contribution >= 4 is 5.97 Å². The Balaban J connectivity index is 1.35. The molecule has 3 aliphatic carbocycles. The summed E-state index contributed by atoms with van der Waals surface area (Å²) in [7, 11) is 1.49. The third kappa shape index (κ3) is 4.23. The Kier molecular flexibility index (Phi) is 6.35. The summed E-state index contributed by atoms with van der Waals surface area (Å²) >= 11 is 0. The van der Waals surface area contributed by atoms with Crippen LogP contribution in [0.1, 0.15) is 74.1 Å². The van der Waals surface area contributed by atoms with Gasteiger partial charge in [-0.3, -0.25) is 4.79 Å². The van der Waals surface area contributed by atoms with Crippen molar-refractivity contribution in [1.82, 2.24) is 4.98 Å². The number of carbonyl (C=O) groups is 1. The smallest absolute Gasteiger partial charge is 0.307 e. The predicted molar refractivity (Wildman–Crippen MR) is 143 cm³/mol. The quantitative estimate of drug-likeness (QED) is 0.333. The predicted octanol–water partition coefficient (Wildman–Crippen LogP) is 7.34. The number of aromatic nitrogens is 1. The number of carboxylic acid groups (broad SMARTS) is 1. The van der Waals surface area contributed by atoms with Crippen LogP contribution < -0.4 is 9.47 Å². The molecule has 40 heavy (non-hydrogen) atoms. The second kappa shape index (κ2) is 9.53. The van der Waals surface area contributed by atoms with Gasteiger partial charge in [0.05, 0.1) is 19.2 Å². The molecule has 6 rings (SSSR count). The van der Waals surface area contributed by atoms with Gasteiger partial charge in [-0.15, -0.1) is 0 Å². The number of nitrogens with zero attached hydrogens (tertiary/aromatic N) is 1. The normalized spacial score (nSPS) is 24.2. The fourth-order valence-electron chi connectivity index (χ4n) is 7.20. The van der Waals surface area contributed by atoms with Crippen LogP contribution in [0.25, 0.3) is 11.1 Å². The van der Waals surface area contributed by atoms with Gasteiger partial charge >= 0.3 is 5.97 Å². The highest BCUT2D eigenvalue weighted by Crippen LogP contribution is 2.63. The molecule has 0 saturated heterocycles. The summed E-state index contributed by atoms with van der Waals surface area (Å²) in [6.45, 7) is 4.40. The summed E-state index contributed by atoms with van der Waals surface area (Å²) in [4.78, 5) is 15.6. The molecule has 1 N–H and O–H groups in total. The maximum Gasteiger partial charge on any atom is 0.307 e. The van der Waals surface area contributed by atoms with Gasteiger partial charge in [0.15, 0.2) is 11.6 Å². The lowest BCUT2D eigenvalue weighted by molar-refractivity contribution is -0.139. The first-order valence-corrected chi connectivity index (χ1v) is 13.8. The third-order valence-corrected chi connectivity index (χ3v) is 9.45. The molecular formula is C32H32F3NO4. The van der Waals surface area contributed by atoms with E-state index in [9.17, 15) is 9.90 Å². The van der Waals surface area contributed by atoms with Crippen LogP contribution in [0.5, 0.6) is 11.6 Å². The summed E-state index contributed by atoms with van der Waals surface area (Å²) in [5.41, 5.74) is 2.43. The first kappa shape index (κ1) is 26.7. The zero-order valence-corrected chi connectivity index (χ0v) is 22.8. The van der Waals surface area contributed by atoms with Crippen LogP contribution in [0.4, 0.5) is 13.2 Å². The Hall–Kier alpha value is -3.55. The van der Waals surface area contributed by atoms with E-state index in [4.69, 9.17) is 9.47 Å². The van der Waals surface area contributed by atoms with Gasteiger partial charge in [-0.1, -0.05) is 38.5 Å². The van der Waals surface area contributed by atoms with Gasteiger partial charge in [-0.05, 0) is 65.7 Å². The number of carboxylic acids is 1. The first-order chi connectivity index (χ1) is 19.1. The van der Waals surface area contributed by atoms with Crippen molar-refractivity contribution in [1.29, 1.82) is 0 Å². The molecule has 3 aliphatic rings. The zero-order chi connectivity index (χ0) is 28.4. The number of methoxy groups -OCH3 is 1. The molecule has 1 heterocycles. The SMILES string of the molecule is COc1cc(-c2ccc(COc3cc(F)c4c(c3F)[C@]3(CC4)C[C@@H]3C(=O)O)cc2[C@H]2CCCC2(C)C)c(F)cn1. The first-order valence-electron chi connectivity index (χ1n) is 13.8. The van der Waals surface area contributed by atoms with E-state index in [1.165, 1.54) is 7.11 Å². The van der Waals surface area contributed by atoms with Crippen molar-refractivity contribution in [2.45, 2.75) is 70.3 Å². The van der Waals surface area contributed by atoms with Crippen molar-refractivity contribution in [2.24, 2.45) is 11.3 Å². The average molecular weight is 552 g/mol. The lowest BCUT2D eigenvalue weighted by atomic mass is 9.75. The second-order valence-electron chi connectivity index (χ2n) is 12.1. The van der Waals surface area contributed by atoms with Crippen molar-refractivity contribution in [3.8, 4) is 22.8 Å². The van der Waals surface area contributed by atoms with Crippen LogP contribution in [0, 0.1) is 28.8 Å². The van der Waals surface area contributed by atoms with Gasteiger partial charge in [-0.25, -0.2) is 18.2 Å². The highest BCUT2D eigenvalue weighted by atomic mass is 19.1. The number of fused-ring (bicyclic) bond motifs is 2. The van der Waals surface area contributed by atoms with Gasteiger partial charge in [-0.2, -0.15) is 0 Å². The molecule has 0 amide bonds. The van der Waals surface area contributed by atoms with Gasteiger partial charge in [0.1, 0.15) is 18.2 Å². The van der Waals surface area contributed by atoms with Crippen molar-refractivity contribution in [3.05, 3.63) is 76.2 Å². The average Bonchev–Trinajstić information content (AvgIpc) is 3.36. The van der Waals surface area contributed by atoms with Crippen molar-refractivity contribution in [2.75, 3.05) is 7.11 Å². The molecule has 3 aromatic rings. The number of hydrogen-bond donors (Lipinski definition) is 1. The fraction of sp³-hybridized carbons (Fsp3) is 0.438. The summed E-state index contributed by atoms with van der Waals surface area (Å²) in [5, 5.41) is 9.51. The highest BCUT2D eigenvalue weighted by Gasteiger charge is 2.63. The second-order valence-corrected chi connectivity index (χ2v) is 12.1. The molecule has 1 spiro atoms. The standard InChI is InChI=1S/C32H32F3NO4/c1-31(2)9-4-5-22(31)20-11-17(6-7-18(20)21-12-27(39-3)36-15-25(21)34)16-40-26-13-24(33)19-8-10-32(28(19)29(26)35)14-23(32)30(37)38/h6-7,11-13,15,22-23H,4-5,8-10,14,16H2,1-3H3,(H,37,38)/t22-,23-,32-/m1/s1. The molecule has 1 aromatic heterocycles. The Morgan fingerprint density at radius 3 is 2.58 bits per heavy atom. The van der Waals surface area contributed by atoms with E-state index in [1.54, 1.807) is 12.1 Å². The summed E-state index contributed by atoms with van der Waals surface area (Å²) in [5.74, 6) is -3.11. The number of ether oxygens (including phenoxy) is 2. The molecule has 0 aliphatic heterocycles. The Morgan fingerprint density at radius 2 is 1.90 bits per heavy atom. The monoisotopic (exact) mass is 551 g/mol. The molecule has 0 radical (unpaired) electrons. The van der Waals surface area contributed by atoms with E-state index in [0.29, 0.717) is 30.7 Å². The van der Waals surface area contributed by atoms with Crippen molar-refractivity contribution < 1.29 is 32.5 Å². The molecule has 2 aromatic carbocycles. The molecular weight excluding hydrogens is 519 g/mol. The lowest BCUT2D eigenvalue weighted by Crippen LogP contribution is -2.17. The maximum absolute atomic E-state index is 15.7. The number of pyridine rings is 1. The molecule has 0 unspecified atom stereocenters. The Labute approximate surface area is 231 Å². The number of rotatable bonds is 7. The highest BCUT2D eigenvalue weighted by molar-refractivity contribution is 5.78. The topological polar surface area (TPSA) is 68.7 Å². The van der Waals surface area contributed by atoms with Crippen molar-refractivity contribution in [3.63, 3.8) is 0 Å². The van der Waals surface area contributed by atoms with Crippen LogP contribution in [-0.2, 0) is 23.2 Å². The molecule has 8 heteroatoms. The molecule has 5 nitrogen and oxygen atoms in total. The zero-order valence-electron chi connectivity index (χ0n) is 22.8. The molecule has 2 saturated carbocycles. The molecule has 210 valence electrons. The van der Waals surface area contributed by atoms with Crippen LogP contribution in [-0.4, -0.2) is 23.2 Å². The number of benzene rings is 2. The van der Waals surface area contributed by atoms with Gasteiger partial charge in [0.2, 0.25) is 5.88 Å². The van der Waals surface area contributed by atoms with E-state index < -0.39 is 34.8 Å². The van der Waals surface area contributed by atoms with E-state index >= 15 is 13.2 Å². The molecule has 2 fully saturated rings. The minimum absolute atomic E-state index is 0.00366. The van der Waals surface area contributed by atoms with Crippen LogP contribution in [0.3, 0.4) is 0 Å². The molecule has 3 atom stereocenters. The number of halogens is 3. The maximum atomic E-state index is 15.7.